The lowest BCUT2D eigenvalue weighted by Crippen LogP contribution is -2.43. The first-order chi connectivity index (χ1) is 16.8. The molecule has 2 aromatic carbocycles. The van der Waals surface area contributed by atoms with E-state index < -0.39 is 23.6 Å². The molecule has 0 fully saturated rings. The number of nitrogens with zero attached hydrogens (tertiary/aromatic N) is 2. The van der Waals surface area contributed by atoms with Crippen molar-refractivity contribution in [2.45, 2.75) is 30.0 Å². The van der Waals surface area contributed by atoms with Gasteiger partial charge in [-0.1, -0.05) is 30.3 Å². The van der Waals surface area contributed by atoms with E-state index in [9.17, 15) is 17.7 Å². The summed E-state index contributed by atoms with van der Waals surface area (Å²) in [5, 5.41) is 0.0790. The summed E-state index contributed by atoms with van der Waals surface area (Å²) in [7, 11) is 1.49. The molecule has 0 radical (unpaired) electrons. The first-order valence-electron chi connectivity index (χ1n) is 10.3. The number of methoxy groups -OCH3 is 1. The Bertz CT molecular complexity index is 1360. The minimum absolute atomic E-state index is 0.0111. The van der Waals surface area contributed by atoms with Crippen LogP contribution in [0.3, 0.4) is 0 Å². The third-order valence-electron chi connectivity index (χ3n) is 5.11. The molecule has 0 spiro atoms. The molecule has 0 aliphatic carbocycles. The number of fused-ring (bicyclic) bond motifs is 2. The maximum absolute atomic E-state index is 13.5. The van der Waals surface area contributed by atoms with Crippen LogP contribution < -0.4 is 18.9 Å². The zero-order valence-electron chi connectivity index (χ0n) is 18.2. The average Bonchev–Trinajstić information content (AvgIpc) is 3.26. The highest BCUT2D eigenvalue weighted by Crippen LogP contribution is 2.42. The summed E-state index contributed by atoms with van der Waals surface area (Å²) < 4.78 is 73.5. The van der Waals surface area contributed by atoms with Gasteiger partial charge in [-0.05, 0) is 5.56 Å². The number of hydrogen-bond acceptors (Lipinski definition) is 7. The number of nitrogens with one attached hydrogen (secondary N) is 1. The molecular formula is C23H18F3N3O5S. The van der Waals surface area contributed by atoms with Crippen LogP contribution in [0.25, 0.3) is 11.0 Å². The van der Waals surface area contributed by atoms with Crippen molar-refractivity contribution in [3.8, 4) is 23.0 Å². The van der Waals surface area contributed by atoms with Crippen molar-refractivity contribution in [3.05, 3.63) is 66.0 Å². The summed E-state index contributed by atoms with van der Waals surface area (Å²) in [5.41, 5.74) is 1.95. The molecule has 5 rings (SSSR count). The minimum atomic E-state index is -4.12. The molecule has 1 aliphatic rings. The van der Waals surface area contributed by atoms with Gasteiger partial charge in [0.05, 0.1) is 30.0 Å². The Hall–Kier alpha value is -3.64. The quantitative estimate of drug-likeness (QED) is 0.369. The van der Waals surface area contributed by atoms with Gasteiger partial charge in [0, 0.05) is 29.4 Å². The molecule has 2 aromatic heterocycles. The van der Waals surface area contributed by atoms with Crippen molar-refractivity contribution < 1.29 is 36.7 Å². The summed E-state index contributed by atoms with van der Waals surface area (Å²) in [4.78, 5) is 11.3. The fraction of sp³-hybridized carbons (Fsp3) is 0.217. The standard InChI is InChI=1S/C23H18F3N3O5S/c1-31-20-10-27-14(7-17(20)32-11-13-5-3-2-4-6-13)12-35(30)22-28-15-8-18-19(9-16(15)29-22)34-23(25,26)21(24)33-18/h2-10,21H,11-12H2,1H3,(H,28,29). The zero-order valence-corrected chi connectivity index (χ0v) is 19.0. The van der Waals surface area contributed by atoms with Gasteiger partial charge in [-0.3, -0.25) is 9.97 Å². The summed E-state index contributed by atoms with van der Waals surface area (Å²) >= 11 is -1.68. The molecule has 0 amide bonds. The smallest absolute Gasteiger partial charge is 0.468 e. The maximum atomic E-state index is 13.5. The van der Waals surface area contributed by atoms with Crippen LogP contribution in [0, 0.1) is 0 Å². The molecule has 0 saturated carbocycles. The number of H-pyrrole nitrogens is 1. The predicted octanol–water partition coefficient (Wildman–Crippen LogP) is 4.51. The van der Waals surface area contributed by atoms with Crippen LogP contribution in [0.5, 0.6) is 23.0 Å². The number of aromatic nitrogens is 3. The SMILES string of the molecule is COc1cnc(C[S+]([O-])c2nc3cc4c(cc3[nH]2)OC(F)C(F)(F)O4)cc1OCc1ccccc1. The molecule has 1 N–H and O–H groups in total. The third kappa shape index (κ3) is 4.80. The highest BCUT2D eigenvalue weighted by molar-refractivity contribution is 7.90. The number of imidazole rings is 1. The lowest BCUT2D eigenvalue weighted by molar-refractivity contribution is -0.281. The Morgan fingerprint density at radius 1 is 1.14 bits per heavy atom. The fourth-order valence-corrected chi connectivity index (χ4v) is 4.38. The number of hydrogen-bond donors (Lipinski definition) is 1. The van der Waals surface area contributed by atoms with Crippen LogP contribution in [-0.4, -0.2) is 39.1 Å². The monoisotopic (exact) mass is 505 g/mol. The normalized spacial score (nSPS) is 17.2. The van der Waals surface area contributed by atoms with Gasteiger partial charge in [0.25, 0.3) is 0 Å². The summed E-state index contributed by atoms with van der Waals surface area (Å²) in [6.07, 6.45) is -5.59. The highest BCUT2D eigenvalue weighted by atomic mass is 32.2. The van der Waals surface area contributed by atoms with Crippen LogP contribution in [0.4, 0.5) is 13.2 Å². The van der Waals surface area contributed by atoms with Crippen molar-refractivity contribution in [1.82, 2.24) is 15.0 Å². The van der Waals surface area contributed by atoms with Gasteiger partial charge in [0.15, 0.2) is 28.8 Å². The number of ether oxygens (including phenoxy) is 4. The number of pyridine rings is 1. The second-order valence-electron chi connectivity index (χ2n) is 7.55. The largest absolute Gasteiger partial charge is 0.609 e. The molecule has 3 heterocycles. The van der Waals surface area contributed by atoms with Gasteiger partial charge in [-0.15, -0.1) is 0 Å². The Morgan fingerprint density at radius 3 is 2.71 bits per heavy atom. The second-order valence-corrected chi connectivity index (χ2v) is 8.91. The van der Waals surface area contributed by atoms with Crippen LogP contribution in [0.15, 0.2) is 59.9 Å². The lowest BCUT2D eigenvalue weighted by Gasteiger charge is -2.28. The topological polar surface area (TPSA) is 102 Å². The van der Waals surface area contributed by atoms with Gasteiger partial charge in [0.2, 0.25) is 0 Å². The molecular weight excluding hydrogens is 487 g/mol. The number of rotatable bonds is 7. The maximum Gasteiger partial charge on any atom is 0.468 e. The minimum Gasteiger partial charge on any atom is -0.609 e. The van der Waals surface area contributed by atoms with E-state index in [1.54, 1.807) is 6.07 Å². The van der Waals surface area contributed by atoms with Gasteiger partial charge in [-0.2, -0.15) is 18.2 Å². The van der Waals surface area contributed by atoms with Gasteiger partial charge < -0.3 is 23.5 Å². The van der Waals surface area contributed by atoms with Crippen molar-refractivity contribution in [2.24, 2.45) is 0 Å². The Kier molecular flexibility index (Phi) is 6.07. The summed E-state index contributed by atoms with van der Waals surface area (Å²) in [6, 6.07) is 13.6. The highest BCUT2D eigenvalue weighted by Gasteiger charge is 2.49. The van der Waals surface area contributed by atoms with Crippen LogP contribution in [0.1, 0.15) is 11.3 Å². The molecule has 2 unspecified atom stereocenters. The van der Waals surface area contributed by atoms with Gasteiger partial charge in [-0.25, -0.2) is 0 Å². The molecule has 8 nitrogen and oxygen atoms in total. The number of halogens is 3. The first-order valence-corrected chi connectivity index (χ1v) is 11.6. The van der Waals surface area contributed by atoms with E-state index in [2.05, 4.69) is 24.4 Å². The number of alkyl halides is 3. The zero-order chi connectivity index (χ0) is 24.6. The van der Waals surface area contributed by atoms with Crippen LogP contribution in [-0.2, 0) is 23.5 Å². The van der Waals surface area contributed by atoms with Gasteiger partial charge in [0.1, 0.15) is 6.61 Å². The summed E-state index contributed by atoms with van der Waals surface area (Å²) in [5.74, 6) is 0.272. The average molecular weight is 505 g/mol. The number of benzene rings is 2. The van der Waals surface area contributed by atoms with E-state index in [1.807, 2.05) is 30.3 Å². The van der Waals surface area contributed by atoms with E-state index in [1.165, 1.54) is 25.4 Å². The lowest BCUT2D eigenvalue weighted by atomic mass is 10.2. The van der Waals surface area contributed by atoms with Crippen molar-refractivity contribution in [3.63, 3.8) is 0 Å². The Morgan fingerprint density at radius 2 is 1.94 bits per heavy atom. The van der Waals surface area contributed by atoms with Crippen molar-refractivity contribution in [2.75, 3.05) is 7.11 Å². The molecule has 1 aliphatic heterocycles. The van der Waals surface area contributed by atoms with E-state index >= 15 is 0 Å². The molecule has 2 atom stereocenters. The molecule has 35 heavy (non-hydrogen) atoms. The predicted molar refractivity (Wildman–Crippen MR) is 119 cm³/mol. The second kappa shape index (κ2) is 9.19. The molecule has 0 bridgehead atoms. The van der Waals surface area contributed by atoms with E-state index in [-0.39, 0.29) is 27.9 Å². The van der Waals surface area contributed by atoms with E-state index in [4.69, 9.17) is 9.47 Å². The van der Waals surface area contributed by atoms with E-state index in [0.29, 0.717) is 29.3 Å². The fourth-order valence-electron chi connectivity index (χ4n) is 3.39. The summed E-state index contributed by atoms with van der Waals surface area (Å²) in [6.45, 7) is 0.306. The molecule has 12 heteroatoms. The first kappa shape index (κ1) is 23.1. The van der Waals surface area contributed by atoms with E-state index in [0.717, 1.165) is 5.56 Å². The molecule has 0 saturated heterocycles. The molecule has 4 aromatic rings. The number of aromatic amines is 1. The van der Waals surface area contributed by atoms with Crippen LogP contribution >= 0.6 is 0 Å². The molecule has 182 valence electrons. The van der Waals surface area contributed by atoms with Crippen molar-refractivity contribution in [1.29, 1.82) is 0 Å². The Balaban J connectivity index is 1.34. The Labute approximate surface area is 200 Å². The van der Waals surface area contributed by atoms with Crippen LogP contribution in [0.2, 0.25) is 0 Å². The van der Waals surface area contributed by atoms with Crippen molar-refractivity contribution >= 4 is 22.2 Å². The van der Waals surface area contributed by atoms with Gasteiger partial charge >= 0.3 is 17.6 Å². The third-order valence-corrected chi connectivity index (χ3v) is 6.29.